The van der Waals surface area contributed by atoms with Gasteiger partial charge in [-0.15, -0.1) is 0 Å². The van der Waals surface area contributed by atoms with Crippen LogP contribution in [0.25, 0.3) is 0 Å². The monoisotopic (exact) mass is 280 g/mol. The van der Waals surface area contributed by atoms with Crippen molar-refractivity contribution in [3.8, 4) is 6.07 Å². The number of halogens is 1. The molecule has 1 aromatic rings. The zero-order chi connectivity index (χ0) is 14.1. The van der Waals surface area contributed by atoms with E-state index in [1.807, 2.05) is 24.3 Å². The van der Waals surface area contributed by atoms with Crippen LogP contribution in [0, 0.1) is 11.3 Å². The van der Waals surface area contributed by atoms with Crippen LogP contribution in [0.1, 0.15) is 18.4 Å². The third kappa shape index (κ3) is 5.73. The van der Waals surface area contributed by atoms with Gasteiger partial charge in [0.1, 0.15) is 0 Å². The first-order valence-corrected chi connectivity index (χ1v) is 6.45. The molecule has 0 aliphatic carbocycles. The van der Waals surface area contributed by atoms with Crippen LogP contribution in [0.2, 0.25) is 5.02 Å². The summed E-state index contributed by atoms with van der Waals surface area (Å²) in [5, 5.41) is 9.10. The van der Waals surface area contributed by atoms with Crippen molar-refractivity contribution < 1.29 is 9.53 Å². The van der Waals surface area contributed by atoms with Crippen LogP contribution in [0.4, 0.5) is 0 Å². The molecule has 102 valence electrons. The molecule has 0 N–H and O–H groups in total. The number of amides is 1. The van der Waals surface area contributed by atoms with Crippen LogP contribution < -0.4 is 0 Å². The van der Waals surface area contributed by atoms with E-state index in [1.165, 1.54) is 0 Å². The number of ether oxygens (including phenoxy) is 1. The number of nitriles is 1. The Morgan fingerprint density at radius 3 is 2.89 bits per heavy atom. The zero-order valence-electron chi connectivity index (χ0n) is 10.9. The van der Waals surface area contributed by atoms with Crippen LogP contribution in [-0.4, -0.2) is 31.0 Å². The molecule has 0 aliphatic rings. The fourth-order valence-corrected chi connectivity index (χ4v) is 1.68. The summed E-state index contributed by atoms with van der Waals surface area (Å²) in [6.45, 7) is 1.20. The van der Waals surface area contributed by atoms with Gasteiger partial charge in [-0.1, -0.05) is 29.8 Å². The second-order valence-corrected chi connectivity index (χ2v) is 4.52. The number of carbonyl (C=O) groups is 1. The van der Waals surface area contributed by atoms with Crippen LogP contribution >= 0.6 is 11.6 Å². The Labute approximate surface area is 118 Å². The number of hydrogen-bond acceptors (Lipinski definition) is 3. The van der Waals surface area contributed by atoms with Crippen LogP contribution in [0.3, 0.4) is 0 Å². The SMILES string of the molecule is CN(CCC#N)C(=O)CCOCc1ccccc1Cl. The van der Waals surface area contributed by atoms with Crippen molar-refractivity contribution >= 4 is 17.5 Å². The van der Waals surface area contributed by atoms with Crippen LogP contribution in [0.15, 0.2) is 24.3 Å². The van der Waals surface area contributed by atoms with Gasteiger partial charge in [0.05, 0.1) is 32.1 Å². The average molecular weight is 281 g/mol. The van der Waals surface area contributed by atoms with Crippen molar-refractivity contribution in [1.29, 1.82) is 5.26 Å². The molecule has 19 heavy (non-hydrogen) atoms. The van der Waals surface area contributed by atoms with Gasteiger partial charge in [0.2, 0.25) is 5.91 Å². The van der Waals surface area contributed by atoms with E-state index in [9.17, 15) is 4.79 Å². The van der Waals surface area contributed by atoms with Crippen molar-refractivity contribution in [2.75, 3.05) is 20.2 Å². The highest BCUT2D eigenvalue weighted by molar-refractivity contribution is 6.31. The molecule has 0 bridgehead atoms. The number of hydrogen-bond donors (Lipinski definition) is 0. The van der Waals surface area contributed by atoms with E-state index >= 15 is 0 Å². The van der Waals surface area contributed by atoms with Gasteiger partial charge in [-0.25, -0.2) is 0 Å². The largest absolute Gasteiger partial charge is 0.376 e. The minimum atomic E-state index is -0.0191. The fraction of sp³-hybridized carbons (Fsp3) is 0.429. The Morgan fingerprint density at radius 1 is 1.47 bits per heavy atom. The minimum Gasteiger partial charge on any atom is -0.376 e. The Morgan fingerprint density at radius 2 is 2.21 bits per heavy atom. The molecule has 0 heterocycles. The number of rotatable bonds is 7. The first-order valence-electron chi connectivity index (χ1n) is 6.07. The summed E-state index contributed by atoms with van der Waals surface area (Å²) in [5.74, 6) is -0.0191. The fourth-order valence-electron chi connectivity index (χ4n) is 1.49. The molecule has 4 nitrogen and oxygen atoms in total. The Balaban J connectivity index is 2.22. The Hall–Kier alpha value is -1.57. The third-order valence-corrected chi connectivity index (χ3v) is 3.03. The number of carbonyl (C=O) groups excluding carboxylic acids is 1. The van der Waals surface area contributed by atoms with Gasteiger partial charge < -0.3 is 9.64 Å². The minimum absolute atomic E-state index is 0.0191. The maximum Gasteiger partial charge on any atom is 0.224 e. The maximum absolute atomic E-state index is 11.6. The maximum atomic E-state index is 11.6. The summed E-state index contributed by atoms with van der Waals surface area (Å²) in [6, 6.07) is 9.46. The molecule has 1 rings (SSSR count). The van der Waals surface area contributed by atoms with E-state index in [4.69, 9.17) is 21.6 Å². The van der Waals surface area contributed by atoms with Crippen molar-refractivity contribution in [2.24, 2.45) is 0 Å². The summed E-state index contributed by atoms with van der Waals surface area (Å²) in [7, 11) is 1.69. The van der Waals surface area contributed by atoms with Crippen molar-refractivity contribution in [3.05, 3.63) is 34.9 Å². The zero-order valence-corrected chi connectivity index (χ0v) is 11.7. The first kappa shape index (κ1) is 15.5. The highest BCUT2D eigenvalue weighted by Crippen LogP contribution is 2.15. The summed E-state index contributed by atoms with van der Waals surface area (Å²) >= 11 is 5.99. The number of benzene rings is 1. The van der Waals surface area contributed by atoms with Crippen LogP contribution in [0.5, 0.6) is 0 Å². The normalized spacial score (nSPS) is 9.95. The molecule has 0 atom stereocenters. The van der Waals surface area contributed by atoms with Crippen molar-refractivity contribution in [1.82, 2.24) is 4.90 Å². The molecular formula is C14H17ClN2O2. The van der Waals surface area contributed by atoms with Gasteiger partial charge in [0.15, 0.2) is 0 Å². The van der Waals surface area contributed by atoms with E-state index < -0.39 is 0 Å². The molecule has 0 saturated heterocycles. The lowest BCUT2D eigenvalue weighted by Gasteiger charge is -2.15. The molecular weight excluding hydrogens is 264 g/mol. The lowest BCUT2D eigenvalue weighted by molar-refractivity contribution is -0.131. The Kier molecular flexibility index (Phi) is 6.94. The van der Waals surface area contributed by atoms with Crippen molar-refractivity contribution in [2.45, 2.75) is 19.4 Å². The summed E-state index contributed by atoms with van der Waals surface area (Å²) in [4.78, 5) is 13.2. The topological polar surface area (TPSA) is 53.3 Å². The predicted molar refractivity (Wildman–Crippen MR) is 73.6 cm³/mol. The lowest BCUT2D eigenvalue weighted by atomic mass is 10.2. The molecule has 1 amide bonds. The molecule has 5 heteroatoms. The van der Waals surface area contributed by atoms with E-state index in [-0.39, 0.29) is 5.91 Å². The molecule has 0 saturated carbocycles. The molecule has 0 fully saturated rings. The quantitative estimate of drug-likeness (QED) is 0.722. The summed E-state index contributed by atoms with van der Waals surface area (Å²) in [6.07, 6.45) is 0.662. The number of nitrogens with zero attached hydrogens (tertiary/aromatic N) is 2. The molecule has 0 aliphatic heterocycles. The van der Waals surface area contributed by atoms with Gasteiger partial charge in [0.25, 0.3) is 0 Å². The molecule has 0 unspecified atom stereocenters. The first-order chi connectivity index (χ1) is 9.15. The second kappa shape index (κ2) is 8.52. The van der Waals surface area contributed by atoms with E-state index in [2.05, 4.69) is 0 Å². The van der Waals surface area contributed by atoms with Crippen LogP contribution in [-0.2, 0) is 16.1 Å². The summed E-state index contributed by atoms with van der Waals surface area (Å²) in [5.41, 5.74) is 0.912. The van der Waals surface area contributed by atoms with E-state index in [0.717, 1.165) is 5.56 Å². The third-order valence-electron chi connectivity index (χ3n) is 2.66. The average Bonchev–Trinajstić information content (AvgIpc) is 2.42. The van der Waals surface area contributed by atoms with E-state index in [1.54, 1.807) is 18.0 Å². The molecule has 0 spiro atoms. The summed E-state index contributed by atoms with van der Waals surface area (Å²) < 4.78 is 5.43. The lowest BCUT2D eigenvalue weighted by Crippen LogP contribution is -2.28. The van der Waals surface area contributed by atoms with Gasteiger partial charge in [-0.05, 0) is 11.6 Å². The standard InChI is InChI=1S/C14H17ClN2O2/c1-17(9-4-8-16)14(18)7-10-19-11-12-5-2-3-6-13(12)15/h2-3,5-6H,4,7,9-11H2,1H3. The van der Waals surface area contributed by atoms with Gasteiger partial charge >= 0.3 is 0 Å². The van der Waals surface area contributed by atoms with Gasteiger partial charge in [-0.2, -0.15) is 5.26 Å². The highest BCUT2D eigenvalue weighted by atomic mass is 35.5. The van der Waals surface area contributed by atoms with Gasteiger partial charge in [0, 0.05) is 18.6 Å². The second-order valence-electron chi connectivity index (χ2n) is 4.12. The van der Waals surface area contributed by atoms with Crippen molar-refractivity contribution in [3.63, 3.8) is 0 Å². The highest BCUT2D eigenvalue weighted by Gasteiger charge is 2.08. The predicted octanol–water partition coefficient (Wildman–Crippen LogP) is 2.62. The van der Waals surface area contributed by atoms with Gasteiger partial charge in [-0.3, -0.25) is 4.79 Å². The smallest absolute Gasteiger partial charge is 0.224 e. The van der Waals surface area contributed by atoms with E-state index in [0.29, 0.717) is 37.6 Å². The molecule has 0 radical (unpaired) electrons. The Bertz CT molecular complexity index is 457. The molecule has 1 aromatic carbocycles. The molecule has 0 aromatic heterocycles.